The Bertz CT molecular complexity index is 153. The Balaban J connectivity index is 0. The molecule has 66 valence electrons. The van der Waals surface area contributed by atoms with Crippen molar-refractivity contribution in [2.75, 3.05) is 0 Å². The van der Waals surface area contributed by atoms with Gasteiger partial charge in [-0.3, -0.25) is 6.38 Å². The predicted octanol–water partition coefficient (Wildman–Crippen LogP) is 2.51. The number of rotatable bonds is 0. The van der Waals surface area contributed by atoms with Gasteiger partial charge in [-0.15, -0.1) is 9.24 Å². The molecule has 0 N–H and O–H groups in total. The average molecular weight is 280 g/mol. The molecule has 0 aromatic heterocycles. The molecule has 0 saturated heterocycles. The van der Waals surface area contributed by atoms with Crippen LogP contribution in [0, 0.1) is 13.3 Å². The van der Waals surface area contributed by atoms with Gasteiger partial charge in [0.25, 0.3) is 0 Å². The van der Waals surface area contributed by atoms with Gasteiger partial charge in [0.15, 0.2) is 0 Å². The second-order valence-corrected chi connectivity index (χ2v) is 2.58. The molecule has 0 spiro atoms. The molecule has 0 saturated carbocycles. The summed E-state index contributed by atoms with van der Waals surface area (Å²) in [5.74, 6) is 0. The number of halogens is 1. The molecule has 1 unspecified atom stereocenters. The molecule has 0 amide bonds. The first-order valence-corrected chi connectivity index (χ1v) is 3.99. The van der Waals surface area contributed by atoms with Gasteiger partial charge in [0.2, 0.25) is 0 Å². The van der Waals surface area contributed by atoms with Crippen molar-refractivity contribution in [2.45, 2.75) is 6.92 Å². The molecule has 1 aromatic rings. The van der Waals surface area contributed by atoms with Gasteiger partial charge in [0.05, 0.1) is 0 Å². The molecule has 1 rings (SSSR count). The number of hydrogen-bond acceptors (Lipinski definition) is 0. The van der Waals surface area contributed by atoms with E-state index in [1.54, 1.807) is 0 Å². The largest absolute Gasteiger partial charge is 0.352 e. The van der Waals surface area contributed by atoms with Gasteiger partial charge < -0.3 is 11.6 Å². The number of hydrogen-bond donors (Lipinski definition) is 0. The summed E-state index contributed by atoms with van der Waals surface area (Å²) in [5.41, 5.74) is 1.32. The Kier molecular flexibility index (Phi) is 11.2. The molecule has 3 heteroatoms. The van der Waals surface area contributed by atoms with Crippen molar-refractivity contribution < 1.29 is 20.4 Å². The average Bonchev–Trinajstić information content (AvgIpc) is 2.00. The van der Waals surface area contributed by atoms with Crippen molar-refractivity contribution in [3.63, 3.8) is 0 Å². The number of benzene rings is 1. The number of aryl methyl sites for hydroxylation is 1. The summed E-state index contributed by atoms with van der Waals surface area (Å²) >= 11 is 4.39. The standard InChI is InChI=1S/C7H9P.CH2Cl.Pd/c1-6-2-4-7(8)5-3-6;1-2;/h2-5H,8H2,1H3;1H2;/q;-1;. The van der Waals surface area contributed by atoms with E-state index in [4.69, 9.17) is 0 Å². The Morgan fingerprint density at radius 1 is 1.18 bits per heavy atom. The van der Waals surface area contributed by atoms with Crippen LogP contribution in [0.5, 0.6) is 0 Å². The van der Waals surface area contributed by atoms with Gasteiger partial charge in [0, 0.05) is 20.4 Å². The first-order chi connectivity index (χ1) is 4.79. The Labute approximate surface area is 89.6 Å². The van der Waals surface area contributed by atoms with Crippen LogP contribution < -0.4 is 5.30 Å². The van der Waals surface area contributed by atoms with Crippen molar-refractivity contribution in [3.8, 4) is 0 Å². The van der Waals surface area contributed by atoms with Gasteiger partial charge in [0.1, 0.15) is 0 Å². The third kappa shape index (κ3) is 6.98. The van der Waals surface area contributed by atoms with Crippen LogP contribution >= 0.6 is 20.8 Å². The minimum absolute atomic E-state index is 0. The minimum atomic E-state index is 0. The van der Waals surface area contributed by atoms with E-state index in [0.717, 1.165) is 0 Å². The summed E-state index contributed by atoms with van der Waals surface area (Å²) in [6, 6.07) is 8.37. The van der Waals surface area contributed by atoms with Gasteiger partial charge >= 0.3 is 0 Å². The third-order valence-corrected chi connectivity index (χ3v) is 1.46. The Morgan fingerprint density at radius 2 is 1.55 bits per heavy atom. The van der Waals surface area contributed by atoms with E-state index >= 15 is 0 Å². The summed E-state index contributed by atoms with van der Waals surface area (Å²) < 4.78 is 0. The molecule has 0 fully saturated rings. The monoisotopic (exact) mass is 279 g/mol. The quantitative estimate of drug-likeness (QED) is 0.389. The van der Waals surface area contributed by atoms with E-state index in [1.165, 1.54) is 10.9 Å². The SMILES string of the molecule is Cc1ccc(P)cc1.[CH2-]Cl.[Pd]. The summed E-state index contributed by atoms with van der Waals surface area (Å²) in [6.07, 6.45) is 2.72. The van der Waals surface area contributed by atoms with E-state index in [9.17, 15) is 0 Å². The van der Waals surface area contributed by atoms with Crippen LogP contribution in [0.3, 0.4) is 0 Å². The van der Waals surface area contributed by atoms with E-state index < -0.39 is 0 Å². The van der Waals surface area contributed by atoms with E-state index in [1.807, 2.05) is 0 Å². The van der Waals surface area contributed by atoms with Crippen LogP contribution in [0.1, 0.15) is 5.56 Å². The van der Waals surface area contributed by atoms with Crippen LogP contribution in [0.2, 0.25) is 0 Å². The Morgan fingerprint density at radius 3 is 1.82 bits per heavy atom. The normalized spacial score (nSPS) is 7.27. The molecule has 0 radical (unpaired) electrons. The van der Waals surface area contributed by atoms with Crippen LogP contribution in [-0.2, 0) is 20.4 Å². The van der Waals surface area contributed by atoms with E-state index in [0.29, 0.717) is 0 Å². The molecule has 11 heavy (non-hydrogen) atoms. The van der Waals surface area contributed by atoms with Gasteiger partial charge in [-0.1, -0.05) is 29.8 Å². The summed E-state index contributed by atoms with van der Waals surface area (Å²) in [5, 5.41) is 1.25. The maximum atomic E-state index is 4.39. The molecule has 0 aliphatic carbocycles. The second-order valence-electron chi connectivity index (χ2n) is 1.91. The van der Waals surface area contributed by atoms with Gasteiger partial charge in [-0.25, -0.2) is 0 Å². The first kappa shape index (κ1) is 14.1. The molecule has 0 bridgehead atoms. The minimum Gasteiger partial charge on any atom is -0.352 e. The molecule has 1 atom stereocenters. The zero-order chi connectivity index (χ0) is 7.98. The summed E-state index contributed by atoms with van der Waals surface area (Å²) in [7, 11) is 2.65. The van der Waals surface area contributed by atoms with Gasteiger partial charge in [-0.2, -0.15) is 0 Å². The van der Waals surface area contributed by atoms with E-state index in [-0.39, 0.29) is 20.4 Å². The van der Waals surface area contributed by atoms with Crippen molar-refractivity contribution >= 4 is 26.1 Å². The molecule has 1 aromatic carbocycles. The topological polar surface area (TPSA) is 0 Å². The molecule has 0 nitrogen and oxygen atoms in total. The maximum absolute atomic E-state index is 4.39. The van der Waals surface area contributed by atoms with Crippen LogP contribution in [0.25, 0.3) is 0 Å². The predicted molar refractivity (Wildman–Crippen MR) is 51.7 cm³/mol. The summed E-state index contributed by atoms with van der Waals surface area (Å²) in [4.78, 5) is 0. The van der Waals surface area contributed by atoms with Crippen molar-refractivity contribution in [2.24, 2.45) is 0 Å². The molecule has 0 aliphatic rings. The van der Waals surface area contributed by atoms with Crippen molar-refractivity contribution in [1.29, 1.82) is 0 Å². The molecule has 0 heterocycles. The first-order valence-electron chi connectivity index (χ1n) is 2.88. The van der Waals surface area contributed by atoms with Crippen molar-refractivity contribution in [3.05, 3.63) is 36.2 Å². The molecular formula is C8H11ClPPd-. The second kappa shape index (κ2) is 8.70. The maximum Gasteiger partial charge on any atom is 0 e. The fraction of sp³-hybridized carbons (Fsp3) is 0.125. The van der Waals surface area contributed by atoms with Crippen LogP contribution in [0.15, 0.2) is 24.3 Å². The molecule has 0 aliphatic heterocycles. The van der Waals surface area contributed by atoms with Gasteiger partial charge in [-0.05, 0) is 12.2 Å². The van der Waals surface area contributed by atoms with Crippen LogP contribution in [-0.4, -0.2) is 0 Å². The van der Waals surface area contributed by atoms with Crippen LogP contribution in [0.4, 0.5) is 0 Å². The van der Waals surface area contributed by atoms with E-state index in [2.05, 4.69) is 58.4 Å². The zero-order valence-electron chi connectivity index (χ0n) is 6.29. The molecular weight excluding hydrogens is 269 g/mol. The Hall–Kier alpha value is 0.602. The smallest absolute Gasteiger partial charge is 0 e. The van der Waals surface area contributed by atoms with Crippen molar-refractivity contribution in [1.82, 2.24) is 0 Å². The summed E-state index contributed by atoms with van der Waals surface area (Å²) in [6.45, 7) is 2.09. The third-order valence-electron chi connectivity index (χ3n) is 1.08. The zero-order valence-corrected chi connectivity index (χ0v) is 9.75. The fourth-order valence-electron chi connectivity index (χ4n) is 0.566. The fourth-order valence-corrected chi connectivity index (χ4v) is 0.759.